The van der Waals surface area contributed by atoms with E-state index in [2.05, 4.69) is 5.10 Å². The van der Waals surface area contributed by atoms with Crippen LogP contribution < -0.4 is 0 Å². The van der Waals surface area contributed by atoms with Crippen LogP contribution in [0.1, 0.15) is 5.69 Å². The van der Waals surface area contributed by atoms with Gasteiger partial charge in [0.25, 0.3) is 0 Å². The maximum Gasteiger partial charge on any atom is 0.0958 e. The van der Waals surface area contributed by atoms with E-state index in [1.165, 1.54) is 0 Å². The highest BCUT2D eigenvalue weighted by atomic mass is 35.5. The van der Waals surface area contributed by atoms with Crippen molar-refractivity contribution in [3.05, 3.63) is 16.9 Å². The van der Waals surface area contributed by atoms with Crippen LogP contribution in [-0.2, 0) is 12.9 Å². The lowest BCUT2D eigenvalue weighted by Gasteiger charge is -1.83. The van der Waals surface area contributed by atoms with Crippen molar-refractivity contribution in [1.82, 2.24) is 9.78 Å². The van der Waals surface area contributed by atoms with Crippen LogP contribution in [0.4, 0.5) is 0 Å². The predicted molar refractivity (Wildman–Crippen MR) is 37.8 cm³/mol. The first-order chi connectivity index (χ1) is 4.24. The molecule has 0 spiro atoms. The van der Waals surface area contributed by atoms with Crippen LogP contribution in [0.3, 0.4) is 0 Å². The number of aromatic nitrogens is 2. The number of alkyl halides is 1. The third kappa shape index (κ3) is 1.37. The largest absolute Gasteiger partial charge is 0.274 e. The molecule has 1 aromatic heterocycles. The molecule has 0 fully saturated rings. The number of nitrogens with zero attached hydrogens (tertiary/aromatic N) is 2. The van der Waals surface area contributed by atoms with Gasteiger partial charge in [0.1, 0.15) is 0 Å². The monoisotopic (exact) mass is 164 g/mol. The van der Waals surface area contributed by atoms with Gasteiger partial charge in [0.15, 0.2) is 0 Å². The molecule has 1 aromatic rings. The van der Waals surface area contributed by atoms with Crippen LogP contribution in [0.15, 0.2) is 6.20 Å². The number of hydrogen-bond acceptors (Lipinski definition) is 1. The smallest absolute Gasteiger partial charge is 0.0958 e. The van der Waals surface area contributed by atoms with Gasteiger partial charge in [-0.05, 0) is 0 Å². The number of rotatable bonds is 1. The van der Waals surface area contributed by atoms with Gasteiger partial charge in [-0.1, -0.05) is 11.6 Å². The Bertz CT molecular complexity index is 207. The minimum absolute atomic E-state index is 0.375. The molecular formula is C5H6Cl2N2. The molecule has 0 bridgehead atoms. The molecule has 2 nitrogen and oxygen atoms in total. The summed E-state index contributed by atoms with van der Waals surface area (Å²) in [4.78, 5) is 0. The lowest BCUT2D eigenvalue weighted by molar-refractivity contribution is 0.754. The first-order valence-corrected chi connectivity index (χ1v) is 3.39. The van der Waals surface area contributed by atoms with Gasteiger partial charge in [0.05, 0.1) is 16.6 Å². The van der Waals surface area contributed by atoms with Crippen LogP contribution in [0.5, 0.6) is 0 Å². The van der Waals surface area contributed by atoms with E-state index in [9.17, 15) is 0 Å². The third-order valence-electron chi connectivity index (χ3n) is 0.981. The Morgan fingerprint density at radius 1 is 1.78 bits per heavy atom. The van der Waals surface area contributed by atoms with Gasteiger partial charge in [-0.25, -0.2) is 0 Å². The molecule has 0 unspecified atom stereocenters. The number of halogens is 2. The second-order valence-corrected chi connectivity index (χ2v) is 2.41. The summed E-state index contributed by atoms with van der Waals surface area (Å²) in [5.74, 6) is 0.375. The Morgan fingerprint density at radius 2 is 2.44 bits per heavy atom. The summed E-state index contributed by atoms with van der Waals surface area (Å²) in [5, 5.41) is 4.61. The van der Waals surface area contributed by atoms with Crippen LogP contribution >= 0.6 is 23.2 Å². The summed E-state index contributed by atoms with van der Waals surface area (Å²) in [6, 6.07) is 0. The Morgan fingerprint density at radius 3 is 2.67 bits per heavy atom. The van der Waals surface area contributed by atoms with Gasteiger partial charge < -0.3 is 0 Å². The molecule has 1 rings (SSSR count). The fraction of sp³-hybridized carbons (Fsp3) is 0.400. The van der Waals surface area contributed by atoms with Crippen molar-refractivity contribution < 1.29 is 0 Å². The maximum absolute atomic E-state index is 5.68. The minimum Gasteiger partial charge on any atom is -0.274 e. The van der Waals surface area contributed by atoms with Crippen LogP contribution in [0, 0.1) is 0 Å². The number of aryl methyl sites for hydroxylation is 1. The number of hydrogen-bond donors (Lipinski definition) is 0. The van der Waals surface area contributed by atoms with E-state index < -0.39 is 0 Å². The van der Waals surface area contributed by atoms with Crippen LogP contribution in [-0.4, -0.2) is 9.78 Å². The molecule has 0 aliphatic heterocycles. The highest BCUT2D eigenvalue weighted by molar-refractivity contribution is 6.32. The summed E-state index contributed by atoms with van der Waals surface area (Å²) >= 11 is 11.2. The lowest BCUT2D eigenvalue weighted by Crippen LogP contribution is -1.87. The average Bonchev–Trinajstić information content (AvgIpc) is 2.10. The van der Waals surface area contributed by atoms with Crippen molar-refractivity contribution in [2.75, 3.05) is 0 Å². The normalized spacial score (nSPS) is 10.1. The molecular weight excluding hydrogens is 159 g/mol. The first-order valence-electron chi connectivity index (χ1n) is 2.48. The molecule has 0 atom stereocenters. The average molecular weight is 165 g/mol. The van der Waals surface area contributed by atoms with Gasteiger partial charge in [-0.2, -0.15) is 5.10 Å². The molecule has 9 heavy (non-hydrogen) atoms. The molecule has 0 amide bonds. The molecule has 0 radical (unpaired) electrons. The topological polar surface area (TPSA) is 17.8 Å². The van der Waals surface area contributed by atoms with Crippen molar-refractivity contribution in [3.8, 4) is 0 Å². The Labute approximate surface area is 63.4 Å². The van der Waals surface area contributed by atoms with E-state index in [4.69, 9.17) is 23.2 Å². The van der Waals surface area contributed by atoms with E-state index in [1.807, 2.05) is 7.05 Å². The van der Waals surface area contributed by atoms with E-state index in [1.54, 1.807) is 10.9 Å². The Hall–Kier alpha value is -0.210. The summed E-state index contributed by atoms with van der Waals surface area (Å²) < 4.78 is 1.64. The van der Waals surface area contributed by atoms with E-state index >= 15 is 0 Å². The van der Waals surface area contributed by atoms with Crippen molar-refractivity contribution in [1.29, 1.82) is 0 Å². The molecule has 0 saturated carbocycles. The highest BCUT2D eigenvalue weighted by Crippen LogP contribution is 2.14. The molecule has 0 aromatic carbocycles. The molecule has 1 heterocycles. The van der Waals surface area contributed by atoms with Gasteiger partial charge in [-0.3, -0.25) is 4.68 Å². The summed E-state index contributed by atoms with van der Waals surface area (Å²) in [6.45, 7) is 0. The third-order valence-corrected chi connectivity index (χ3v) is 1.55. The molecule has 0 saturated heterocycles. The quantitative estimate of drug-likeness (QED) is 0.580. The standard InChI is InChI=1S/C5H6Cl2N2/c1-9-3-4(7)5(2-6)8-9/h3H,2H2,1H3. The zero-order valence-corrected chi connectivity index (χ0v) is 6.45. The Kier molecular flexibility index (Phi) is 1.98. The molecule has 4 heteroatoms. The van der Waals surface area contributed by atoms with E-state index in [-0.39, 0.29) is 0 Å². The second kappa shape index (κ2) is 2.58. The van der Waals surface area contributed by atoms with Crippen LogP contribution in [0.25, 0.3) is 0 Å². The van der Waals surface area contributed by atoms with Crippen molar-refractivity contribution in [2.24, 2.45) is 7.05 Å². The van der Waals surface area contributed by atoms with Crippen molar-refractivity contribution >= 4 is 23.2 Å². The van der Waals surface area contributed by atoms with Gasteiger partial charge in [0.2, 0.25) is 0 Å². The SMILES string of the molecule is Cn1cc(Cl)c(CCl)n1. The summed E-state index contributed by atoms with van der Waals surface area (Å²) in [7, 11) is 1.81. The van der Waals surface area contributed by atoms with Crippen LogP contribution in [0.2, 0.25) is 5.02 Å². The molecule has 0 N–H and O–H groups in total. The zero-order chi connectivity index (χ0) is 6.85. The van der Waals surface area contributed by atoms with Crippen molar-refractivity contribution in [2.45, 2.75) is 5.88 Å². The van der Waals surface area contributed by atoms with Crippen molar-refractivity contribution in [3.63, 3.8) is 0 Å². The summed E-state index contributed by atoms with van der Waals surface area (Å²) in [5.41, 5.74) is 0.737. The van der Waals surface area contributed by atoms with Gasteiger partial charge in [-0.15, -0.1) is 11.6 Å². The molecule has 0 aliphatic carbocycles. The lowest BCUT2D eigenvalue weighted by atomic mass is 10.5. The maximum atomic E-state index is 5.68. The predicted octanol–water partition coefficient (Wildman–Crippen LogP) is 1.81. The fourth-order valence-corrected chi connectivity index (χ4v) is 1.11. The van der Waals surface area contributed by atoms with E-state index in [0.29, 0.717) is 10.9 Å². The molecule has 0 aliphatic rings. The fourth-order valence-electron chi connectivity index (χ4n) is 0.596. The highest BCUT2D eigenvalue weighted by Gasteiger charge is 2.01. The molecule has 50 valence electrons. The van der Waals surface area contributed by atoms with Gasteiger partial charge in [0, 0.05) is 13.2 Å². The summed E-state index contributed by atoms with van der Waals surface area (Å²) in [6.07, 6.45) is 1.72. The second-order valence-electron chi connectivity index (χ2n) is 1.73. The zero-order valence-electron chi connectivity index (χ0n) is 4.93. The van der Waals surface area contributed by atoms with Gasteiger partial charge >= 0.3 is 0 Å². The first kappa shape index (κ1) is 6.90. The Balaban J connectivity index is 3.01. The minimum atomic E-state index is 0.375. The van der Waals surface area contributed by atoms with E-state index in [0.717, 1.165) is 5.69 Å².